The summed E-state index contributed by atoms with van der Waals surface area (Å²) in [4.78, 5) is 16.4. The van der Waals surface area contributed by atoms with E-state index in [0.29, 0.717) is 5.92 Å². The maximum atomic E-state index is 10.4. The fourth-order valence-corrected chi connectivity index (χ4v) is 2.28. The fraction of sp³-hybridized carbons (Fsp3) is 0.462. The molecular formula is C13H16N2O. The summed E-state index contributed by atoms with van der Waals surface area (Å²) < 4.78 is 0. The maximum Gasteiger partial charge on any atom is 0.240 e. The van der Waals surface area contributed by atoms with Crippen LogP contribution in [0.15, 0.2) is 29.3 Å². The van der Waals surface area contributed by atoms with Crippen LogP contribution >= 0.6 is 0 Å². The number of para-hydroxylation sites is 2. The summed E-state index contributed by atoms with van der Waals surface area (Å²) in [5, 5.41) is 0. The fourth-order valence-electron chi connectivity index (χ4n) is 2.28. The number of anilines is 1. The first kappa shape index (κ1) is 10.9. The molecule has 1 atom stereocenters. The first-order valence-electron chi connectivity index (χ1n) is 5.73. The van der Waals surface area contributed by atoms with E-state index in [-0.39, 0.29) is 0 Å². The summed E-state index contributed by atoms with van der Waals surface area (Å²) in [6.07, 6.45) is 4.12. The molecule has 16 heavy (non-hydrogen) atoms. The molecule has 0 aliphatic carbocycles. The van der Waals surface area contributed by atoms with E-state index in [4.69, 9.17) is 0 Å². The van der Waals surface area contributed by atoms with Crippen molar-refractivity contribution >= 4 is 17.5 Å². The van der Waals surface area contributed by atoms with Crippen molar-refractivity contribution in [3.63, 3.8) is 0 Å². The Bertz CT molecular complexity index is 410. The highest BCUT2D eigenvalue weighted by Gasteiger charge is 2.18. The molecule has 1 fully saturated rings. The van der Waals surface area contributed by atoms with Crippen LogP contribution in [-0.2, 0) is 4.79 Å². The van der Waals surface area contributed by atoms with Gasteiger partial charge >= 0.3 is 0 Å². The van der Waals surface area contributed by atoms with Crippen LogP contribution in [0.4, 0.5) is 11.4 Å². The monoisotopic (exact) mass is 216 g/mol. The van der Waals surface area contributed by atoms with Gasteiger partial charge < -0.3 is 4.90 Å². The highest BCUT2D eigenvalue weighted by atomic mass is 16.1. The lowest BCUT2D eigenvalue weighted by molar-refractivity contribution is 0.447. The van der Waals surface area contributed by atoms with Gasteiger partial charge in [0.15, 0.2) is 0 Å². The van der Waals surface area contributed by atoms with Gasteiger partial charge in [-0.05, 0) is 30.9 Å². The molecule has 1 aliphatic rings. The SMILES string of the molecule is CC1CCCN(c2ccccc2N=C=O)C1. The second-order valence-corrected chi connectivity index (χ2v) is 4.39. The average molecular weight is 216 g/mol. The maximum absolute atomic E-state index is 10.4. The molecule has 1 aromatic carbocycles. The summed E-state index contributed by atoms with van der Waals surface area (Å²) in [7, 11) is 0. The Hall–Kier alpha value is -1.60. The third-order valence-electron chi connectivity index (χ3n) is 3.05. The molecule has 1 saturated heterocycles. The van der Waals surface area contributed by atoms with Crippen LogP contribution in [-0.4, -0.2) is 19.2 Å². The third kappa shape index (κ3) is 2.31. The highest BCUT2D eigenvalue weighted by molar-refractivity contribution is 5.69. The number of hydrogen-bond acceptors (Lipinski definition) is 3. The van der Waals surface area contributed by atoms with Gasteiger partial charge in [-0.15, -0.1) is 0 Å². The number of carbonyl (C=O) groups excluding carboxylic acids is 1. The molecule has 0 aromatic heterocycles. The molecule has 1 heterocycles. The van der Waals surface area contributed by atoms with Crippen LogP contribution in [0.1, 0.15) is 19.8 Å². The van der Waals surface area contributed by atoms with E-state index in [0.717, 1.165) is 24.5 Å². The smallest absolute Gasteiger partial charge is 0.240 e. The van der Waals surface area contributed by atoms with Crippen LogP contribution in [0.3, 0.4) is 0 Å². The second-order valence-electron chi connectivity index (χ2n) is 4.39. The number of nitrogens with zero attached hydrogens (tertiary/aromatic N) is 2. The lowest BCUT2D eigenvalue weighted by Crippen LogP contribution is -2.34. The van der Waals surface area contributed by atoms with E-state index < -0.39 is 0 Å². The standard InChI is InChI=1S/C13H16N2O/c1-11-5-4-8-15(9-11)13-7-3-2-6-12(13)14-10-16/h2-3,6-7,11H,4-5,8-9H2,1H3. The highest BCUT2D eigenvalue weighted by Crippen LogP contribution is 2.31. The van der Waals surface area contributed by atoms with Crippen LogP contribution in [0.2, 0.25) is 0 Å². The number of piperidine rings is 1. The van der Waals surface area contributed by atoms with E-state index >= 15 is 0 Å². The third-order valence-corrected chi connectivity index (χ3v) is 3.05. The molecule has 2 rings (SSSR count). The van der Waals surface area contributed by atoms with Gasteiger partial charge in [-0.3, -0.25) is 0 Å². The first-order chi connectivity index (χ1) is 7.81. The molecule has 1 aromatic rings. The van der Waals surface area contributed by atoms with Gasteiger partial charge in [0.25, 0.3) is 0 Å². The normalized spacial score (nSPS) is 20.3. The van der Waals surface area contributed by atoms with E-state index in [2.05, 4.69) is 16.8 Å². The summed E-state index contributed by atoms with van der Waals surface area (Å²) in [5.41, 5.74) is 1.78. The number of isocyanates is 1. The van der Waals surface area contributed by atoms with E-state index in [9.17, 15) is 4.79 Å². The Morgan fingerprint density at radius 1 is 1.44 bits per heavy atom. The molecule has 0 radical (unpaired) electrons. The number of hydrogen-bond donors (Lipinski definition) is 0. The summed E-state index contributed by atoms with van der Waals surface area (Å²) in [6.45, 7) is 4.36. The van der Waals surface area contributed by atoms with Crippen LogP contribution in [0, 0.1) is 5.92 Å². The topological polar surface area (TPSA) is 32.7 Å². The lowest BCUT2D eigenvalue weighted by Gasteiger charge is -2.33. The van der Waals surface area contributed by atoms with E-state index in [1.54, 1.807) is 6.08 Å². The van der Waals surface area contributed by atoms with Crippen molar-refractivity contribution in [1.29, 1.82) is 0 Å². The van der Waals surface area contributed by atoms with Gasteiger partial charge in [0.2, 0.25) is 6.08 Å². The largest absolute Gasteiger partial charge is 0.370 e. The molecular weight excluding hydrogens is 200 g/mol. The number of rotatable bonds is 2. The van der Waals surface area contributed by atoms with Crippen molar-refractivity contribution in [1.82, 2.24) is 0 Å². The molecule has 0 spiro atoms. The van der Waals surface area contributed by atoms with Crippen molar-refractivity contribution in [2.75, 3.05) is 18.0 Å². The van der Waals surface area contributed by atoms with Gasteiger partial charge in [-0.2, -0.15) is 4.99 Å². The van der Waals surface area contributed by atoms with Gasteiger partial charge in [0.05, 0.1) is 11.4 Å². The molecule has 1 aliphatic heterocycles. The number of aliphatic imine (C=N–C) groups is 1. The van der Waals surface area contributed by atoms with Crippen molar-refractivity contribution in [3.05, 3.63) is 24.3 Å². The Labute approximate surface area is 95.8 Å². The van der Waals surface area contributed by atoms with Gasteiger partial charge in [0.1, 0.15) is 0 Å². The molecule has 0 amide bonds. The Kier molecular flexibility index (Phi) is 3.37. The van der Waals surface area contributed by atoms with Crippen molar-refractivity contribution in [3.8, 4) is 0 Å². The minimum atomic E-state index is 0.710. The zero-order valence-electron chi connectivity index (χ0n) is 9.52. The van der Waals surface area contributed by atoms with Crippen LogP contribution in [0.25, 0.3) is 0 Å². The Balaban J connectivity index is 2.28. The zero-order chi connectivity index (χ0) is 11.4. The molecule has 0 N–H and O–H groups in total. The average Bonchev–Trinajstić information content (AvgIpc) is 2.30. The predicted molar refractivity (Wildman–Crippen MR) is 64.8 cm³/mol. The van der Waals surface area contributed by atoms with E-state index in [1.165, 1.54) is 12.8 Å². The summed E-state index contributed by atoms with van der Waals surface area (Å²) in [5.74, 6) is 0.710. The van der Waals surface area contributed by atoms with Gasteiger partial charge in [-0.25, -0.2) is 4.79 Å². The molecule has 0 saturated carbocycles. The van der Waals surface area contributed by atoms with Gasteiger partial charge in [0, 0.05) is 13.1 Å². The molecule has 0 bridgehead atoms. The Morgan fingerprint density at radius 3 is 3.00 bits per heavy atom. The van der Waals surface area contributed by atoms with Crippen LogP contribution in [0.5, 0.6) is 0 Å². The number of benzene rings is 1. The lowest BCUT2D eigenvalue weighted by atomic mass is 9.99. The van der Waals surface area contributed by atoms with Crippen molar-refractivity contribution in [2.45, 2.75) is 19.8 Å². The quantitative estimate of drug-likeness (QED) is 0.562. The summed E-state index contributed by atoms with van der Waals surface area (Å²) >= 11 is 0. The molecule has 1 unspecified atom stereocenters. The molecule has 3 nitrogen and oxygen atoms in total. The Morgan fingerprint density at radius 2 is 2.25 bits per heavy atom. The van der Waals surface area contributed by atoms with Gasteiger partial charge in [-0.1, -0.05) is 19.1 Å². The van der Waals surface area contributed by atoms with Crippen molar-refractivity contribution < 1.29 is 4.79 Å². The predicted octanol–water partition coefficient (Wildman–Crippen LogP) is 2.89. The van der Waals surface area contributed by atoms with Crippen LogP contribution < -0.4 is 4.90 Å². The van der Waals surface area contributed by atoms with E-state index in [1.807, 2.05) is 24.3 Å². The minimum absolute atomic E-state index is 0.710. The molecule has 84 valence electrons. The van der Waals surface area contributed by atoms with Crippen molar-refractivity contribution in [2.24, 2.45) is 10.9 Å². The first-order valence-corrected chi connectivity index (χ1v) is 5.73. The second kappa shape index (κ2) is 4.95. The minimum Gasteiger partial charge on any atom is -0.370 e. The molecule has 3 heteroatoms. The zero-order valence-corrected chi connectivity index (χ0v) is 9.52. The summed E-state index contributed by atoms with van der Waals surface area (Å²) in [6, 6.07) is 7.76.